The van der Waals surface area contributed by atoms with E-state index in [1.54, 1.807) is 0 Å². The Bertz CT molecular complexity index is 334. The minimum Gasteiger partial charge on any atom is -0.373 e. The normalized spacial score (nSPS) is 20.1. The van der Waals surface area contributed by atoms with Crippen molar-refractivity contribution in [3.05, 3.63) is 29.3 Å². The van der Waals surface area contributed by atoms with Crippen LogP contribution in [0.15, 0.2) is 18.2 Å². The molecule has 0 aliphatic carbocycles. The van der Waals surface area contributed by atoms with Crippen molar-refractivity contribution in [2.24, 2.45) is 0 Å². The molecule has 16 heavy (non-hydrogen) atoms. The molecule has 2 rings (SSSR count). The maximum atomic E-state index is 3.54. The lowest BCUT2D eigenvalue weighted by atomic mass is 10.1. The summed E-state index contributed by atoms with van der Waals surface area (Å²) in [7, 11) is 2.19. The van der Waals surface area contributed by atoms with E-state index in [0.29, 0.717) is 6.04 Å². The van der Waals surface area contributed by atoms with E-state index in [0.717, 1.165) is 6.54 Å². The van der Waals surface area contributed by atoms with Gasteiger partial charge in [0, 0.05) is 25.3 Å². The molecular weight excluding hydrogens is 196 g/mol. The molecule has 0 spiro atoms. The predicted molar refractivity (Wildman–Crippen MR) is 70.2 cm³/mol. The maximum absolute atomic E-state index is 3.54. The van der Waals surface area contributed by atoms with Crippen LogP contribution in [-0.2, 0) is 0 Å². The van der Waals surface area contributed by atoms with E-state index >= 15 is 0 Å². The van der Waals surface area contributed by atoms with Crippen LogP contribution in [0.25, 0.3) is 0 Å². The van der Waals surface area contributed by atoms with Crippen LogP contribution in [0.3, 0.4) is 0 Å². The van der Waals surface area contributed by atoms with Crippen LogP contribution in [0.2, 0.25) is 0 Å². The van der Waals surface area contributed by atoms with Gasteiger partial charge in [-0.1, -0.05) is 6.07 Å². The Hall–Kier alpha value is -1.02. The summed E-state index contributed by atoms with van der Waals surface area (Å²) in [5, 5.41) is 3.54. The van der Waals surface area contributed by atoms with Crippen molar-refractivity contribution in [1.82, 2.24) is 5.32 Å². The summed E-state index contributed by atoms with van der Waals surface area (Å²) in [6, 6.07) is 7.43. The molecule has 1 aliphatic heterocycles. The van der Waals surface area contributed by atoms with Gasteiger partial charge in [0.25, 0.3) is 0 Å². The van der Waals surface area contributed by atoms with Crippen LogP contribution < -0.4 is 10.2 Å². The van der Waals surface area contributed by atoms with Gasteiger partial charge in [-0.05, 0) is 56.5 Å². The second-order valence-electron chi connectivity index (χ2n) is 5.02. The highest BCUT2D eigenvalue weighted by atomic mass is 15.1. The minimum atomic E-state index is 0.672. The van der Waals surface area contributed by atoms with Crippen LogP contribution >= 0.6 is 0 Å². The summed E-state index contributed by atoms with van der Waals surface area (Å²) in [6.45, 7) is 6.63. The molecule has 1 saturated heterocycles. The zero-order valence-corrected chi connectivity index (χ0v) is 10.6. The number of hydrogen-bond donors (Lipinski definition) is 1. The van der Waals surface area contributed by atoms with Crippen molar-refractivity contribution in [1.29, 1.82) is 0 Å². The van der Waals surface area contributed by atoms with E-state index in [-0.39, 0.29) is 0 Å². The molecule has 0 aromatic heterocycles. The molecule has 2 nitrogen and oxygen atoms in total. The van der Waals surface area contributed by atoms with Crippen molar-refractivity contribution in [2.45, 2.75) is 32.7 Å². The topological polar surface area (TPSA) is 15.3 Å². The van der Waals surface area contributed by atoms with Gasteiger partial charge in [-0.25, -0.2) is 0 Å². The highest BCUT2D eigenvalue weighted by molar-refractivity contribution is 5.50. The van der Waals surface area contributed by atoms with Crippen LogP contribution in [0.5, 0.6) is 0 Å². The standard InChI is InChI=1S/C14H22N2/c1-11-7-12(2)9-14(8-11)16(3)10-13-5-4-6-15-13/h7-9,13,15H,4-6,10H2,1-3H3. The van der Waals surface area contributed by atoms with Gasteiger partial charge in [-0.3, -0.25) is 0 Å². The number of hydrogen-bond acceptors (Lipinski definition) is 2. The third-order valence-corrected chi connectivity index (χ3v) is 3.30. The van der Waals surface area contributed by atoms with Crippen molar-refractivity contribution in [2.75, 3.05) is 25.0 Å². The fraction of sp³-hybridized carbons (Fsp3) is 0.571. The molecule has 1 aromatic carbocycles. The predicted octanol–water partition coefficient (Wildman–Crippen LogP) is 2.49. The Labute approximate surface area is 98.7 Å². The quantitative estimate of drug-likeness (QED) is 0.838. The van der Waals surface area contributed by atoms with Crippen molar-refractivity contribution in [3.63, 3.8) is 0 Å². The van der Waals surface area contributed by atoms with E-state index < -0.39 is 0 Å². The zero-order chi connectivity index (χ0) is 11.5. The van der Waals surface area contributed by atoms with Crippen LogP contribution in [0.1, 0.15) is 24.0 Å². The number of aryl methyl sites for hydroxylation is 2. The average molecular weight is 218 g/mol. The molecule has 1 aromatic rings. The van der Waals surface area contributed by atoms with Crippen molar-refractivity contribution in [3.8, 4) is 0 Å². The van der Waals surface area contributed by atoms with Crippen LogP contribution in [0, 0.1) is 13.8 Å². The second-order valence-corrected chi connectivity index (χ2v) is 5.02. The molecule has 88 valence electrons. The fourth-order valence-electron chi connectivity index (χ4n) is 2.52. The smallest absolute Gasteiger partial charge is 0.0369 e. The molecule has 1 fully saturated rings. The molecule has 0 radical (unpaired) electrons. The Morgan fingerprint density at radius 1 is 1.25 bits per heavy atom. The number of likely N-dealkylation sites (N-methyl/N-ethyl adjacent to an activating group) is 1. The first kappa shape index (κ1) is 11.5. The Morgan fingerprint density at radius 3 is 2.50 bits per heavy atom. The number of rotatable bonds is 3. The van der Waals surface area contributed by atoms with Gasteiger partial charge in [0.15, 0.2) is 0 Å². The van der Waals surface area contributed by atoms with Crippen LogP contribution in [-0.4, -0.2) is 26.2 Å². The molecule has 1 aliphatic rings. The highest BCUT2D eigenvalue weighted by Crippen LogP contribution is 2.18. The van der Waals surface area contributed by atoms with Gasteiger partial charge in [-0.2, -0.15) is 0 Å². The molecule has 1 heterocycles. The van der Waals surface area contributed by atoms with E-state index in [1.807, 2.05) is 0 Å². The number of nitrogens with zero attached hydrogens (tertiary/aromatic N) is 1. The monoisotopic (exact) mass is 218 g/mol. The Kier molecular flexibility index (Phi) is 3.49. The lowest BCUT2D eigenvalue weighted by Crippen LogP contribution is -2.35. The average Bonchev–Trinajstić information content (AvgIpc) is 2.68. The van der Waals surface area contributed by atoms with E-state index in [2.05, 4.69) is 49.3 Å². The molecule has 0 bridgehead atoms. The summed E-state index contributed by atoms with van der Waals surface area (Å²) >= 11 is 0. The largest absolute Gasteiger partial charge is 0.373 e. The van der Waals surface area contributed by atoms with Crippen molar-refractivity contribution >= 4 is 5.69 Å². The highest BCUT2D eigenvalue weighted by Gasteiger charge is 2.16. The van der Waals surface area contributed by atoms with Crippen LogP contribution in [0.4, 0.5) is 5.69 Å². The molecule has 1 unspecified atom stereocenters. The molecule has 2 heteroatoms. The summed E-state index contributed by atoms with van der Waals surface area (Å²) in [5.41, 5.74) is 4.04. The Balaban J connectivity index is 2.04. The fourth-order valence-corrected chi connectivity index (χ4v) is 2.52. The van der Waals surface area contributed by atoms with Crippen molar-refractivity contribution < 1.29 is 0 Å². The first-order valence-corrected chi connectivity index (χ1v) is 6.18. The maximum Gasteiger partial charge on any atom is 0.0369 e. The van der Waals surface area contributed by atoms with Gasteiger partial charge >= 0.3 is 0 Å². The third-order valence-electron chi connectivity index (χ3n) is 3.30. The summed E-state index contributed by atoms with van der Waals surface area (Å²) in [6.07, 6.45) is 2.64. The lowest BCUT2D eigenvalue weighted by Gasteiger charge is -2.24. The number of anilines is 1. The Morgan fingerprint density at radius 2 is 1.94 bits per heavy atom. The van der Waals surface area contributed by atoms with Gasteiger partial charge < -0.3 is 10.2 Å². The SMILES string of the molecule is Cc1cc(C)cc(N(C)CC2CCCN2)c1. The first-order chi connectivity index (χ1) is 7.65. The molecular formula is C14H22N2. The second kappa shape index (κ2) is 4.88. The number of nitrogens with one attached hydrogen (secondary N) is 1. The minimum absolute atomic E-state index is 0.672. The summed E-state index contributed by atoms with van der Waals surface area (Å²) < 4.78 is 0. The molecule has 1 atom stereocenters. The molecule has 1 N–H and O–H groups in total. The van der Waals surface area contributed by atoms with Gasteiger partial charge in [-0.15, -0.1) is 0 Å². The summed E-state index contributed by atoms with van der Waals surface area (Å²) in [4.78, 5) is 2.36. The lowest BCUT2D eigenvalue weighted by molar-refractivity contribution is 0.599. The van der Waals surface area contributed by atoms with Gasteiger partial charge in [0.05, 0.1) is 0 Å². The first-order valence-electron chi connectivity index (χ1n) is 6.18. The van der Waals surface area contributed by atoms with E-state index in [4.69, 9.17) is 0 Å². The van der Waals surface area contributed by atoms with E-state index in [1.165, 1.54) is 36.2 Å². The zero-order valence-electron chi connectivity index (χ0n) is 10.6. The number of benzene rings is 1. The molecule has 0 amide bonds. The molecule has 0 saturated carbocycles. The van der Waals surface area contributed by atoms with Gasteiger partial charge in [0.2, 0.25) is 0 Å². The summed E-state index contributed by atoms with van der Waals surface area (Å²) in [5.74, 6) is 0. The van der Waals surface area contributed by atoms with E-state index in [9.17, 15) is 0 Å². The van der Waals surface area contributed by atoms with Gasteiger partial charge in [0.1, 0.15) is 0 Å². The third kappa shape index (κ3) is 2.76.